The topological polar surface area (TPSA) is 67.3 Å². The number of ether oxygens (including phenoxy) is 1. The molecule has 6 heteroatoms. The van der Waals surface area contributed by atoms with E-state index in [1.807, 2.05) is 59.5 Å². The zero-order valence-electron chi connectivity index (χ0n) is 15.5. The molecule has 0 atom stereocenters. The highest BCUT2D eigenvalue weighted by molar-refractivity contribution is 5.92. The Hall–Kier alpha value is -3.41. The van der Waals surface area contributed by atoms with Gasteiger partial charge in [-0.25, -0.2) is 9.97 Å². The van der Waals surface area contributed by atoms with E-state index in [1.54, 1.807) is 6.20 Å². The van der Waals surface area contributed by atoms with Gasteiger partial charge < -0.3 is 15.0 Å². The van der Waals surface area contributed by atoms with E-state index in [4.69, 9.17) is 4.74 Å². The molecule has 0 spiro atoms. The summed E-state index contributed by atoms with van der Waals surface area (Å²) in [6, 6.07) is 17.7. The minimum atomic E-state index is -0.0449. The highest BCUT2D eigenvalue weighted by Crippen LogP contribution is 2.20. The van der Waals surface area contributed by atoms with Crippen molar-refractivity contribution >= 4 is 17.4 Å². The monoisotopic (exact) mass is 374 g/mol. The van der Waals surface area contributed by atoms with Crippen LogP contribution >= 0.6 is 0 Å². The number of hydrogen-bond acceptors (Lipinski definition) is 5. The first-order valence-corrected chi connectivity index (χ1v) is 9.43. The van der Waals surface area contributed by atoms with Crippen LogP contribution in [0.5, 0.6) is 5.75 Å². The first-order valence-electron chi connectivity index (χ1n) is 9.43. The lowest BCUT2D eigenvalue weighted by Crippen LogP contribution is -2.28. The van der Waals surface area contributed by atoms with Crippen LogP contribution in [0.25, 0.3) is 0 Å². The molecular formula is C22H22N4O2. The molecule has 28 heavy (non-hydrogen) atoms. The van der Waals surface area contributed by atoms with Gasteiger partial charge in [0.1, 0.15) is 23.9 Å². The Bertz CT molecular complexity index is 906. The summed E-state index contributed by atoms with van der Waals surface area (Å²) in [5, 5.41) is 3.19. The van der Waals surface area contributed by atoms with E-state index in [-0.39, 0.29) is 5.91 Å². The Balaban J connectivity index is 1.33. The molecule has 0 bridgehead atoms. The number of rotatable bonds is 6. The molecule has 4 rings (SSSR count). The van der Waals surface area contributed by atoms with E-state index in [9.17, 15) is 4.79 Å². The Morgan fingerprint density at radius 2 is 1.71 bits per heavy atom. The second-order valence-corrected chi connectivity index (χ2v) is 6.71. The molecule has 0 unspecified atom stereocenters. The molecule has 3 aromatic rings. The lowest BCUT2D eigenvalue weighted by molar-refractivity contribution is 0.0786. The third kappa shape index (κ3) is 4.46. The van der Waals surface area contributed by atoms with Crippen LogP contribution in [0.2, 0.25) is 0 Å². The van der Waals surface area contributed by atoms with Crippen molar-refractivity contribution in [2.24, 2.45) is 0 Å². The van der Waals surface area contributed by atoms with E-state index >= 15 is 0 Å². The lowest BCUT2D eigenvalue weighted by Gasteiger charge is -2.14. The molecule has 2 aromatic carbocycles. The van der Waals surface area contributed by atoms with Gasteiger partial charge in [0.25, 0.3) is 5.91 Å². The van der Waals surface area contributed by atoms with Gasteiger partial charge in [-0.2, -0.15) is 0 Å². The Morgan fingerprint density at radius 3 is 2.39 bits per heavy atom. The second-order valence-electron chi connectivity index (χ2n) is 6.71. The number of likely N-dealkylation sites (tertiary alicyclic amines) is 1. The summed E-state index contributed by atoms with van der Waals surface area (Å²) in [5.74, 6) is 1.35. The third-order valence-electron chi connectivity index (χ3n) is 4.64. The first-order chi connectivity index (χ1) is 13.8. The molecule has 1 amide bonds. The predicted octanol–water partition coefficient (Wildman–Crippen LogP) is 4.04. The molecule has 1 fully saturated rings. The summed E-state index contributed by atoms with van der Waals surface area (Å²) >= 11 is 0. The van der Waals surface area contributed by atoms with Crippen LogP contribution in [-0.4, -0.2) is 33.9 Å². The van der Waals surface area contributed by atoms with Gasteiger partial charge in [0.2, 0.25) is 0 Å². The maximum Gasteiger partial charge on any atom is 0.274 e. The van der Waals surface area contributed by atoms with Crippen LogP contribution in [-0.2, 0) is 6.61 Å². The molecule has 1 saturated heterocycles. The first kappa shape index (κ1) is 18.0. The molecule has 0 radical (unpaired) electrons. The second kappa shape index (κ2) is 8.52. The van der Waals surface area contributed by atoms with E-state index in [0.717, 1.165) is 42.9 Å². The fourth-order valence-electron chi connectivity index (χ4n) is 3.11. The zero-order chi connectivity index (χ0) is 19.2. The van der Waals surface area contributed by atoms with Crippen molar-refractivity contribution in [3.63, 3.8) is 0 Å². The van der Waals surface area contributed by atoms with Crippen molar-refractivity contribution in [3.8, 4) is 5.75 Å². The molecule has 1 N–H and O–H groups in total. The van der Waals surface area contributed by atoms with Gasteiger partial charge in [-0.1, -0.05) is 30.3 Å². The van der Waals surface area contributed by atoms with Gasteiger partial charge >= 0.3 is 0 Å². The largest absolute Gasteiger partial charge is 0.489 e. The van der Waals surface area contributed by atoms with Gasteiger partial charge in [-0.3, -0.25) is 4.79 Å². The van der Waals surface area contributed by atoms with Crippen LogP contribution in [0.4, 0.5) is 11.5 Å². The molecule has 0 saturated carbocycles. The average Bonchev–Trinajstić information content (AvgIpc) is 3.29. The Kier molecular flexibility index (Phi) is 5.47. The molecule has 1 aromatic heterocycles. The standard InChI is InChI=1S/C22H22N4O2/c27-22(26-12-4-5-13-26)20-14-24-21(15-23-20)25-18-8-10-19(11-9-18)28-16-17-6-2-1-3-7-17/h1-3,6-11,14-15H,4-5,12-13,16H2,(H,24,25). The van der Waals surface area contributed by atoms with E-state index in [2.05, 4.69) is 15.3 Å². The zero-order valence-corrected chi connectivity index (χ0v) is 15.5. The van der Waals surface area contributed by atoms with Crippen molar-refractivity contribution < 1.29 is 9.53 Å². The number of anilines is 2. The fourth-order valence-corrected chi connectivity index (χ4v) is 3.11. The summed E-state index contributed by atoms with van der Waals surface area (Å²) in [5.41, 5.74) is 2.39. The normalized spacial score (nSPS) is 13.4. The van der Waals surface area contributed by atoms with Crippen molar-refractivity contribution in [3.05, 3.63) is 78.2 Å². The van der Waals surface area contributed by atoms with Gasteiger partial charge in [0, 0.05) is 18.8 Å². The average molecular weight is 374 g/mol. The Morgan fingerprint density at radius 1 is 0.964 bits per heavy atom. The molecule has 2 heterocycles. The van der Waals surface area contributed by atoms with Crippen LogP contribution in [0.3, 0.4) is 0 Å². The third-order valence-corrected chi connectivity index (χ3v) is 4.64. The molecular weight excluding hydrogens is 352 g/mol. The molecule has 142 valence electrons. The SMILES string of the molecule is O=C(c1cnc(Nc2ccc(OCc3ccccc3)cc2)cn1)N1CCCC1. The summed E-state index contributed by atoms with van der Waals surface area (Å²) in [6.45, 7) is 2.14. The highest BCUT2D eigenvalue weighted by atomic mass is 16.5. The fraction of sp³-hybridized carbons (Fsp3) is 0.227. The maximum absolute atomic E-state index is 12.3. The molecule has 1 aliphatic heterocycles. The van der Waals surface area contributed by atoms with E-state index in [0.29, 0.717) is 18.1 Å². The Labute approximate surface area is 164 Å². The van der Waals surface area contributed by atoms with Crippen molar-refractivity contribution in [2.45, 2.75) is 19.4 Å². The summed E-state index contributed by atoms with van der Waals surface area (Å²) in [4.78, 5) is 22.7. The number of aromatic nitrogens is 2. The van der Waals surface area contributed by atoms with Gasteiger partial charge in [0.15, 0.2) is 0 Å². The van der Waals surface area contributed by atoms with Crippen LogP contribution < -0.4 is 10.1 Å². The van der Waals surface area contributed by atoms with Crippen molar-refractivity contribution in [1.29, 1.82) is 0 Å². The van der Waals surface area contributed by atoms with Crippen LogP contribution in [0, 0.1) is 0 Å². The quantitative estimate of drug-likeness (QED) is 0.705. The highest BCUT2D eigenvalue weighted by Gasteiger charge is 2.20. The van der Waals surface area contributed by atoms with Crippen molar-refractivity contribution in [2.75, 3.05) is 18.4 Å². The number of carbonyl (C=O) groups is 1. The summed E-state index contributed by atoms with van der Waals surface area (Å²) in [6.07, 6.45) is 5.23. The van der Waals surface area contributed by atoms with Gasteiger partial charge in [0.05, 0.1) is 12.4 Å². The number of hydrogen-bond donors (Lipinski definition) is 1. The minimum Gasteiger partial charge on any atom is -0.489 e. The smallest absolute Gasteiger partial charge is 0.274 e. The number of benzene rings is 2. The molecule has 0 aliphatic carbocycles. The van der Waals surface area contributed by atoms with E-state index < -0.39 is 0 Å². The lowest BCUT2D eigenvalue weighted by atomic mass is 10.2. The number of amides is 1. The molecule has 1 aliphatic rings. The van der Waals surface area contributed by atoms with E-state index in [1.165, 1.54) is 6.20 Å². The van der Waals surface area contributed by atoms with Gasteiger partial charge in [-0.15, -0.1) is 0 Å². The number of nitrogens with zero attached hydrogens (tertiary/aromatic N) is 3. The van der Waals surface area contributed by atoms with Crippen LogP contribution in [0.1, 0.15) is 28.9 Å². The summed E-state index contributed by atoms with van der Waals surface area (Å²) < 4.78 is 5.79. The number of nitrogens with one attached hydrogen (secondary N) is 1. The summed E-state index contributed by atoms with van der Waals surface area (Å²) in [7, 11) is 0. The maximum atomic E-state index is 12.3. The molecule has 6 nitrogen and oxygen atoms in total. The van der Waals surface area contributed by atoms with Gasteiger partial charge in [-0.05, 0) is 42.7 Å². The predicted molar refractivity (Wildman–Crippen MR) is 108 cm³/mol. The number of carbonyl (C=O) groups excluding carboxylic acids is 1. The van der Waals surface area contributed by atoms with Crippen LogP contribution in [0.15, 0.2) is 67.0 Å². The van der Waals surface area contributed by atoms with Crippen molar-refractivity contribution in [1.82, 2.24) is 14.9 Å². The minimum absolute atomic E-state index is 0.0449.